The molecule has 0 aromatic heterocycles. The molecule has 0 spiro atoms. The molecule has 0 heterocycles. The van der Waals surface area contributed by atoms with Crippen LogP contribution in [0.4, 0.5) is 16.2 Å². The molecule has 5 heteroatoms. The predicted octanol–water partition coefficient (Wildman–Crippen LogP) is 2.50. The highest BCUT2D eigenvalue weighted by atomic mass is 16.5. The van der Waals surface area contributed by atoms with Gasteiger partial charge < -0.3 is 10.5 Å². The molecule has 1 amide bonds. The van der Waals surface area contributed by atoms with E-state index in [1.165, 1.54) is 0 Å². The van der Waals surface area contributed by atoms with E-state index in [0.29, 0.717) is 12.3 Å². The summed E-state index contributed by atoms with van der Waals surface area (Å²) in [5.74, 6) is 0. The summed E-state index contributed by atoms with van der Waals surface area (Å²) in [6.07, 6.45) is -0.509. The monoisotopic (exact) mass is 245 g/mol. The molecule has 18 heavy (non-hydrogen) atoms. The summed E-state index contributed by atoms with van der Waals surface area (Å²) in [5, 5.41) is 2.09. The molecule has 0 saturated heterocycles. The van der Waals surface area contributed by atoms with Crippen molar-refractivity contribution in [2.75, 3.05) is 17.8 Å². The summed E-state index contributed by atoms with van der Waals surface area (Å²) in [7, 11) is 0. The van der Waals surface area contributed by atoms with E-state index in [-0.39, 0.29) is 0 Å². The zero-order valence-electron chi connectivity index (χ0n) is 10.1. The number of nitrogens with one attached hydrogen (secondary N) is 2. The molecule has 0 aliphatic heterocycles. The summed E-state index contributed by atoms with van der Waals surface area (Å²) in [6.45, 7) is 2.08. The Bertz CT molecular complexity index is 569. The summed E-state index contributed by atoms with van der Waals surface area (Å²) < 4.78 is 4.74. The van der Waals surface area contributed by atoms with Crippen molar-refractivity contribution >= 4 is 28.2 Å². The molecule has 0 aliphatic carbocycles. The minimum Gasteiger partial charge on any atom is -0.449 e. The number of hydrogen-bond acceptors (Lipinski definition) is 4. The van der Waals surface area contributed by atoms with E-state index in [4.69, 9.17) is 10.5 Å². The first-order valence-electron chi connectivity index (χ1n) is 5.67. The number of nitrogens with two attached hydrogens (primary N) is 1. The minimum atomic E-state index is -0.509. The number of hydrogen-bond donors (Lipinski definition) is 3. The molecule has 2 aromatic carbocycles. The van der Waals surface area contributed by atoms with E-state index in [1.807, 2.05) is 36.4 Å². The van der Waals surface area contributed by atoms with E-state index in [0.717, 1.165) is 16.5 Å². The van der Waals surface area contributed by atoms with E-state index in [9.17, 15) is 4.79 Å². The third-order valence-corrected chi connectivity index (χ3v) is 2.45. The fourth-order valence-electron chi connectivity index (χ4n) is 1.63. The van der Waals surface area contributed by atoms with Crippen molar-refractivity contribution < 1.29 is 9.53 Å². The van der Waals surface area contributed by atoms with Crippen molar-refractivity contribution in [2.24, 2.45) is 0 Å². The van der Waals surface area contributed by atoms with Gasteiger partial charge >= 0.3 is 6.09 Å². The van der Waals surface area contributed by atoms with E-state index in [2.05, 4.69) is 10.9 Å². The highest BCUT2D eigenvalue weighted by molar-refractivity contribution is 5.88. The Morgan fingerprint density at radius 1 is 1.22 bits per heavy atom. The van der Waals surface area contributed by atoms with Gasteiger partial charge in [-0.1, -0.05) is 12.1 Å². The molecule has 2 aromatic rings. The molecule has 2 rings (SSSR count). The molecule has 0 bridgehead atoms. The predicted molar refractivity (Wildman–Crippen MR) is 72.1 cm³/mol. The largest absolute Gasteiger partial charge is 0.449 e. The fourth-order valence-corrected chi connectivity index (χ4v) is 1.63. The van der Waals surface area contributed by atoms with Crippen LogP contribution < -0.4 is 16.6 Å². The molecule has 0 fully saturated rings. The highest BCUT2D eigenvalue weighted by Crippen LogP contribution is 2.21. The van der Waals surface area contributed by atoms with Crippen LogP contribution in [-0.2, 0) is 4.74 Å². The first-order valence-corrected chi connectivity index (χ1v) is 5.67. The summed E-state index contributed by atoms with van der Waals surface area (Å²) in [5.41, 5.74) is 12.4. The molecule has 0 unspecified atom stereocenters. The SMILES string of the molecule is CCOC(=O)NNc1ccc2ccc(N)cc2c1. The number of amides is 1. The van der Waals surface area contributed by atoms with Gasteiger partial charge in [0.2, 0.25) is 0 Å². The average molecular weight is 245 g/mol. The van der Waals surface area contributed by atoms with Gasteiger partial charge in [-0.3, -0.25) is 5.43 Å². The quantitative estimate of drug-likeness (QED) is 0.573. The van der Waals surface area contributed by atoms with Crippen molar-refractivity contribution in [2.45, 2.75) is 6.92 Å². The van der Waals surface area contributed by atoms with Gasteiger partial charge in [-0.25, -0.2) is 10.2 Å². The Labute approximate surface area is 105 Å². The first-order chi connectivity index (χ1) is 8.69. The molecular weight excluding hydrogens is 230 g/mol. The van der Waals surface area contributed by atoms with E-state index in [1.54, 1.807) is 6.92 Å². The zero-order chi connectivity index (χ0) is 13.0. The van der Waals surface area contributed by atoms with E-state index < -0.39 is 6.09 Å². The molecule has 0 atom stereocenters. The average Bonchev–Trinajstić information content (AvgIpc) is 2.36. The van der Waals surface area contributed by atoms with Gasteiger partial charge in [0, 0.05) is 5.69 Å². The second-order valence-electron chi connectivity index (χ2n) is 3.79. The van der Waals surface area contributed by atoms with Gasteiger partial charge in [-0.05, 0) is 42.0 Å². The molecule has 0 aliphatic rings. The molecule has 5 nitrogen and oxygen atoms in total. The lowest BCUT2D eigenvalue weighted by atomic mass is 10.1. The topological polar surface area (TPSA) is 76.4 Å². The molecule has 0 radical (unpaired) electrons. The van der Waals surface area contributed by atoms with Crippen LogP contribution in [0.3, 0.4) is 0 Å². The summed E-state index contributed by atoms with van der Waals surface area (Å²) in [6, 6.07) is 11.4. The number of rotatable bonds is 3. The van der Waals surface area contributed by atoms with Gasteiger partial charge in [0.25, 0.3) is 0 Å². The van der Waals surface area contributed by atoms with Crippen LogP contribution in [0.15, 0.2) is 36.4 Å². The smallest absolute Gasteiger partial charge is 0.425 e. The molecule has 4 N–H and O–H groups in total. The van der Waals surface area contributed by atoms with Crippen LogP contribution in [0, 0.1) is 0 Å². The van der Waals surface area contributed by atoms with Gasteiger partial charge in [0.15, 0.2) is 0 Å². The third-order valence-electron chi connectivity index (χ3n) is 2.45. The summed E-state index contributed by atoms with van der Waals surface area (Å²) in [4.78, 5) is 11.1. The van der Waals surface area contributed by atoms with Crippen molar-refractivity contribution in [1.29, 1.82) is 0 Å². The maximum atomic E-state index is 11.1. The zero-order valence-corrected chi connectivity index (χ0v) is 10.1. The van der Waals surface area contributed by atoms with Gasteiger partial charge in [-0.2, -0.15) is 0 Å². The first kappa shape index (κ1) is 12.0. The number of ether oxygens (including phenoxy) is 1. The van der Waals surface area contributed by atoms with Crippen molar-refractivity contribution in [3.8, 4) is 0 Å². The van der Waals surface area contributed by atoms with Crippen LogP contribution in [0.1, 0.15) is 6.92 Å². The van der Waals surface area contributed by atoms with Gasteiger partial charge in [0.05, 0.1) is 12.3 Å². The Balaban J connectivity index is 2.12. The van der Waals surface area contributed by atoms with Crippen molar-refractivity contribution in [3.63, 3.8) is 0 Å². The van der Waals surface area contributed by atoms with Crippen LogP contribution >= 0.6 is 0 Å². The molecular formula is C13H15N3O2. The standard InChI is InChI=1S/C13H15N3O2/c1-2-18-13(17)16-15-12-6-4-9-3-5-11(14)7-10(9)8-12/h3-8,15H,2,14H2,1H3,(H,16,17). The second kappa shape index (κ2) is 5.27. The minimum absolute atomic E-state index is 0.335. The fraction of sp³-hybridized carbons (Fsp3) is 0.154. The number of nitrogen functional groups attached to an aromatic ring is 1. The third kappa shape index (κ3) is 2.82. The number of fused-ring (bicyclic) bond motifs is 1. The Kier molecular flexibility index (Phi) is 3.52. The summed E-state index contributed by atoms with van der Waals surface area (Å²) >= 11 is 0. The Morgan fingerprint density at radius 3 is 2.78 bits per heavy atom. The Hall–Kier alpha value is -2.43. The normalized spacial score (nSPS) is 10.1. The number of anilines is 2. The second-order valence-corrected chi connectivity index (χ2v) is 3.79. The molecule has 0 saturated carbocycles. The van der Waals surface area contributed by atoms with Crippen LogP contribution in [0.2, 0.25) is 0 Å². The lowest BCUT2D eigenvalue weighted by Gasteiger charge is -2.09. The van der Waals surface area contributed by atoms with Crippen LogP contribution in [0.25, 0.3) is 10.8 Å². The lowest BCUT2D eigenvalue weighted by molar-refractivity contribution is 0.154. The van der Waals surface area contributed by atoms with Crippen LogP contribution in [0.5, 0.6) is 0 Å². The number of carbonyl (C=O) groups is 1. The number of benzene rings is 2. The molecule has 94 valence electrons. The number of hydrazine groups is 1. The van der Waals surface area contributed by atoms with Crippen LogP contribution in [-0.4, -0.2) is 12.7 Å². The van der Waals surface area contributed by atoms with Gasteiger partial charge in [-0.15, -0.1) is 0 Å². The maximum Gasteiger partial charge on any atom is 0.425 e. The van der Waals surface area contributed by atoms with Crippen molar-refractivity contribution in [3.05, 3.63) is 36.4 Å². The highest BCUT2D eigenvalue weighted by Gasteiger charge is 2.00. The van der Waals surface area contributed by atoms with Gasteiger partial charge in [0.1, 0.15) is 0 Å². The lowest BCUT2D eigenvalue weighted by Crippen LogP contribution is -2.29. The van der Waals surface area contributed by atoms with E-state index >= 15 is 0 Å². The van der Waals surface area contributed by atoms with Crippen molar-refractivity contribution in [1.82, 2.24) is 5.43 Å². The maximum absolute atomic E-state index is 11.1. The number of carbonyl (C=O) groups excluding carboxylic acids is 1. The Morgan fingerprint density at radius 2 is 2.00 bits per heavy atom.